The highest BCUT2D eigenvalue weighted by atomic mass is 35.5. The average Bonchev–Trinajstić information content (AvgIpc) is 3.03. The molecule has 0 aromatic heterocycles. The topological polar surface area (TPSA) is 77.8 Å². The molecule has 0 aliphatic heterocycles. The lowest BCUT2D eigenvalue weighted by atomic mass is 9.84. The van der Waals surface area contributed by atoms with E-state index < -0.39 is 18.2 Å². The summed E-state index contributed by atoms with van der Waals surface area (Å²) >= 11 is 6.55. The van der Waals surface area contributed by atoms with E-state index in [1.165, 1.54) is 0 Å². The Hall–Kier alpha value is -2.14. The van der Waals surface area contributed by atoms with Gasteiger partial charge in [-0.05, 0) is 48.3 Å². The van der Waals surface area contributed by atoms with E-state index in [-0.39, 0.29) is 23.6 Å². The summed E-state index contributed by atoms with van der Waals surface area (Å²) in [5.41, 5.74) is 2.69. The fourth-order valence-corrected chi connectivity index (χ4v) is 4.74. The molecule has 160 valence electrons. The standard InChI is InChI=1S/C25H29ClO4/c26-21-16-22(27)24(20(21)10-6-1-2-7-11-23(28)29)17-12-14-19(15-13-17)25(30)18-8-4-3-5-9-18/h1,3-6,8-9,12-15,20-22,24-25,27,30H,2,7,10-11,16H2,(H,28,29)/b6-1-/t20-,21-,22+,24+,25?/m0/s1. The van der Waals surface area contributed by atoms with Gasteiger partial charge in [0.1, 0.15) is 6.10 Å². The van der Waals surface area contributed by atoms with Gasteiger partial charge in [0.15, 0.2) is 0 Å². The Morgan fingerprint density at radius 2 is 1.73 bits per heavy atom. The number of carboxylic acids is 1. The second-order valence-corrected chi connectivity index (χ2v) is 8.54. The van der Waals surface area contributed by atoms with Crippen LogP contribution in [0.1, 0.15) is 60.8 Å². The summed E-state index contributed by atoms with van der Waals surface area (Å²) in [6.07, 6.45) is 5.71. The number of hydrogen-bond acceptors (Lipinski definition) is 3. The Morgan fingerprint density at radius 3 is 2.40 bits per heavy atom. The first kappa shape index (κ1) is 22.5. The van der Waals surface area contributed by atoms with Gasteiger partial charge in [-0.15, -0.1) is 11.6 Å². The van der Waals surface area contributed by atoms with Crippen LogP contribution in [0.15, 0.2) is 66.7 Å². The molecule has 1 unspecified atom stereocenters. The first-order valence-corrected chi connectivity index (χ1v) is 10.9. The molecule has 0 heterocycles. The summed E-state index contributed by atoms with van der Waals surface area (Å²) in [6, 6.07) is 17.3. The number of halogens is 1. The number of benzene rings is 2. The van der Waals surface area contributed by atoms with E-state index >= 15 is 0 Å². The average molecular weight is 429 g/mol. The molecule has 0 spiro atoms. The first-order valence-electron chi connectivity index (χ1n) is 10.5. The Kier molecular flexibility index (Phi) is 8.08. The minimum absolute atomic E-state index is 0.0564. The lowest BCUT2D eigenvalue weighted by Crippen LogP contribution is -2.18. The zero-order valence-corrected chi connectivity index (χ0v) is 17.7. The summed E-state index contributed by atoms with van der Waals surface area (Å²) in [4.78, 5) is 10.6. The largest absolute Gasteiger partial charge is 0.481 e. The third-order valence-corrected chi connectivity index (χ3v) is 6.40. The van der Waals surface area contributed by atoms with Crippen LogP contribution in [0.25, 0.3) is 0 Å². The third-order valence-electron chi connectivity index (χ3n) is 5.90. The molecule has 0 saturated heterocycles. The molecule has 5 atom stereocenters. The molecule has 0 radical (unpaired) electrons. The molecule has 1 aliphatic rings. The van der Waals surface area contributed by atoms with Gasteiger partial charge in [0.2, 0.25) is 0 Å². The lowest BCUT2D eigenvalue weighted by Gasteiger charge is -2.23. The van der Waals surface area contributed by atoms with Crippen molar-refractivity contribution in [1.82, 2.24) is 0 Å². The molecule has 1 saturated carbocycles. The number of aliphatic carboxylic acids is 1. The van der Waals surface area contributed by atoms with E-state index in [4.69, 9.17) is 16.7 Å². The van der Waals surface area contributed by atoms with Crippen molar-refractivity contribution in [3.63, 3.8) is 0 Å². The van der Waals surface area contributed by atoms with Gasteiger partial charge in [0.05, 0.1) is 6.10 Å². The molecule has 3 N–H and O–H groups in total. The number of allylic oxidation sites excluding steroid dienone is 2. The second kappa shape index (κ2) is 10.8. The van der Waals surface area contributed by atoms with Crippen LogP contribution in [-0.2, 0) is 4.79 Å². The van der Waals surface area contributed by atoms with E-state index in [0.29, 0.717) is 12.8 Å². The number of carboxylic acid groups (broad SMARTS) is 1. The number of alkyl halides is 1. The van der Waals surface area contributed by atoms with Crippen molar-refractivity contribution in [1.29, 1.82) is 0 Å². The number of aliphatic hydroxyl groups excluding tert-OH is 2. The van der Waals surface area contributed by atoms with Crippen molar-refractivity contribution >= 4 is 17.6 Å². The van der Waals surface area contributed by atoms with Crippen molar-refractivity contribution in [3.8, 4) is 0 Å². The molecule has 2 aromatic rings. The van der Waals surface area contributed by atoms with Crippen molar-refractivity contribution in [2.45, 2.75) is 55.6 Å². The molecule has 1 fully saturated rings. The Bertz CT molecular complexity index is 834. The van der Waals surface area contributed by atoms with Crippen LogP contribution >= 0.6 is 11.6 Å². The quantitative estimate of drug-likeness (QED) is 0.297. The van der Waals surface area contributed by atoms with Crippen LogP contribution in [0.4, 0.5) is 0 Å². The smallest absolute Gasteiger partial charge is 0.303 e. The lowest BCUT2D eigenvalue weighted by molar-refractivity contribution is -0.137. The summed E-state index contributed by atoms with van der Waals surface area (Å²) in [6.45, 7) is 0. The van der Waals surface area contributed by atoms with Gasteiger partial charge in [0, 0.05) is 17.7 Å². The number of hydrogen-bond donors (Lipinski definition) is 3. The SMILES string of the molecule is O=C(O)CCC/C=C\C[C@@H]1[C@@H](c2ccc(C(O)c3ccccc3)cc2)[C@H](O)C[C@@H]1Cl. The maximum atomic E-state index is 10.6. The molecular weight excluding hydrogens is 400 g/mol. The van der Waals surface area contributed by atoms with Crippen LogP contribution < -0.4 is 0 Å². The van der Waals surface area contributed by atoms with Crippen LogP contribution in [0.5, 0.6) is 0 Å². The summed E-state index contributed by atoms with van der Waals surface area (Å²) in [5.74, 6) is -0.717. The van der Waals surface area contributed by atoms with Gasteiger partial charge < -0.3 is 15.3 Å². The van der Waals surface area contributed by atoms with Crippen molar-refractivity contribution in [3.05, 3.63) is 83.4 Å². The van der Waals surface area contributed by atoms with Gasteiger partial charge in [-0.2, -0.15) is 0 Å². The van der Waals surface area contributed by atoms with Crippen LogP contribution in [0.2, 0.25) is 0 Å². The van der Waals surface area contributed by atoms with E-state index in [0.717, 1.165) is 29.5 Å². The van der Waals surface area contributed by atoms with E-state index in [1.54, 1.807) is 0 Å². The Balaban J connectivity index is 1.66. The molecule has 30 heavy (non-hydrogen) atoms. The Labute approximate surface area is 182 Å². The molecular formula is C25H29ClO4. The maximum absolute atomic E-state index is 10.6. The third kappa shape index (κ3) is 5.72. The molecule has 3 rings (SSSR count). The van der Waals surface area contributed by atoms with E-state index in [9.17, 15) is 15.0 Å². The van der Waals surface area contributed by atoms with Crippen molar-refractivity contribution in [2.24, 2.45) is 5.92 Å². The van der Waals surface area contributed by atoms with Crippen LogP contribution in [-0.4, -0.2) is 32.8 Å². The minimum atomic E-state index is -0.774. The second-order valence-electron chi connectivity index (χ2n) is 7.98. The monoisotopic (exact) mass is 428 g/mol. The van der Waals surface area contributed by atoms with Gasteiger partial charge in [0.25, 0.3) is 0 Å². The molecule has 4 nitrogen and oxygen atoms in total. The van der Waals surface area contributed by atoms with Gasteiger partial charge in [-0.1, -0.05) is 66.7 Å². The summed E-state index contributed by atoms with van der Waals surface area (Å²) < 4.78 is 0. The normalized spacial score (nSPS) is 24.9. The first-order chi connectivity index (χ1) is 14.5. The van der Waals surface area contributed by atoms with Crippen molar-refractivity contribution < 1.29 is 20.1 Å². The van der Waals surface area contributed by atoms with Gasteiger partial charge in [-0.3, -0.25) is 4.79 Å². The highest BCUT2D eigenvalue weighted by Crippen LogP contribution is 2.45. The van der Waals surface area contributed by atoms with Crippen LogP contribution in [0.3, 0.4) is 0 Å². The zero-order chi connectivity index (χ0) is 21.5. The number of unbranched alkanes of at least 4 members (excludes halogenated alkanes) is 1. The molecule has 0 bridgehead atoms. The fourth-order valence-electron chi connectivity index (χ4n) is 4.30. The van der Waals surface area contributed by atoms with Gasteiger partial charge in [-0.25, -0.2) is 0 Å². The zero-order valence-electron chi connectivity index (χ0n) is 16.9. The summed E-state index contributed by atoms with van der Waals surface area (Å²) in [5, 5.41) is 29.8. The maximum Gasteiger partial charge on any atom is 0.303 e. The Morgan fingerprint density at radius 1 is 1.07 bits per heavy atom. The number of rotatable bonds is 9. The van der Waals surface area contributed by atoms with Crippen LogP contribution in [0, 0.1) is 5.92 Å². The predicted molar refractivity (Wildman–Crippen MR) is 119 cm³/mol. The molecule has 5 heteroatoms. The number of aliphatic hydroxyl groups is 2. The highest BCUT2D eigenvalue weighted by Gasteiger charge is 2.41. The van der Waals surface area contributed by atoms with Gasteiger partial charge >= 0.3 is 5.97 Å². The summed E-state index contributed by atoms with van der Waals surface area (Å²) in [7, 11) is 0. The molecule has 0 amide bonds. The van der Waals surface area contributed by atoms with E-state index in [2.05, 4.69) is 6.08 Å². The van der Waals surface area contributed by atoms with Crippen molar-refractivity contribution in [2.75, 3.05) is 0 Å². The number of carbonyl (C=O) groups is 1. The van der Waals surface area contributed by atoms with E-state index in [1.807, 2.05) is 60.7 Å². The predicted octanol–water partition coefficient (Wildman–Crippen LogP) is 5.04. The minimum Gasteiger partial charge on any atom is -0.481 e. The fraction of sp³-hybridized carbons (Fsp3) is 0.400. The molecule has 2 aromatic carbocycles. The highest BCUT2D eigenvalue weighted by molar-refractivity contribution is 6.21. The molecule has 1 aliphatic carbocycles.